The molecular weight excluding hydrogens is 290 g/mol. The topological polar surface area (TPSA) is 122 Å². The first-order valence-corrected chi connectivity index (χ1v) is 6.93. The van der Waals surface area contributed by atoms with Gasteiger partial charge in [0.15, 0.2) is 11.5 Å². The van der Waals surface area contributed by atoms with E-state index >= 15 is 0 Å². The number of amides is 1. The lowest BCUT2D eigenvalue weighted by atomic mass is 10.4. The van der Waals surface area contributed by atoms with Gasteiger partial charge in [0.2, 0.25) is 0 Å². The Kier molecular flexibility index (Phi) is 3.56. The Bertz CT molecular complexity index is 735. The van der Waals surface area contributed by atoms with Crippen molar-refractivity contribution in [1.82, 2.24) is 25.4 Å². The van der Waals surface area contributed by atoms with Crippen LogP contribution < -0.4 is 11.1 Å². The minimum atomic E-state index is -0.607. The highest BCUT2D eigenvalue weighted by Crippen LogP contribution is 2.20. The average Bonchev–Trinajstić information content (AvgIpc) is 3.16. The number of aromatic amines is 1. The first kappa shape index (κ1) is 13.2. The molecule has 0 radical (unpaired) electrons. The molecule has 0 saturated heterocycles. The van der Waals surface area contributed by atoms with Crippen molar-refractivity contribution in [2.75, 3.05) is 5.32 Å². The molecule has 8 nitrogen and oxygen atoms in total. The van der Waals surface area contributed by atoms with Crippen molar-refractivity contribution < 1.29 is 4.79 Å². The summed E-state index contributed by atoms with van der Waals surface area (Å²) < 4.78 is 0. The molecule has 3 heterocycles. The SMILES string of the molecule is NC(=O)c1ccc(NCc2nc(-c3cccs3)n[nH]2)nn1. The molecule has 0 aliphatic heterocycles. The van der Waals surface area contributed by atoms with E-state index < -0.39 is 5.91 Å². The predicted molar refractivity (Wildman–Crippen MR) is 77.6 cm³/mol. The molecule has 0 atom stereocenters. The van der Waals surface area contributed by atoms with Crippen molar-refractivity contribution in [3.8, 4) is 10.7 Å². The molecule has 0 saturated carbocycles. The normalized spacial score (nSPS) is 10.5. The van der Waals surface area contributed by atoms with Gasteiger partial charge in [0.1, 0.15) is 11.6 Å². The Hall–Kier alpha value is -2.81. The third-order valence-corrected chi connectivity index (χ3v) is 3.49. The molecule has 0 aliphatic rings. The van der Waals surface area contributed by atoms with Gasteiger partial charge in [0, 0.05) is 0 Å². The van der Waals surface area contributed by atoms with E-state index in [1.54, 1.807) is 17.4 Å². The second-order valence-corrected chi connectivity index (χ2v) is 5.05. The number of hydrogen-bond acceptors (Lipinski definition) is 7. The number of nitrogens with two attached hydrogens (primary N) is 1. The van der Waals surface area contributed by atoms with Crippen LogP contribution >= 0.6 is 11.3 Å². The number of H-pyrrole nitrogens is 1. The van der Waals surface area contributed by atoms with E-state index in [0.29, 0.717) is 24.0 Å². The molecule has 3 rings (SSSR count). The summed E-state index contributed by atoms with van der Waals surface area (Å²) in [6.45, 7) is 0.420. The first-order valence-electron chi connectivity index (χ1n) is 6.05. The maximum Gasteiger partial charge on any atom is 0.269 e. The molecule has 106 valence electrons. The van der Waals surface area contributed by atoms with Gasteiger partial charge in [0.25, 0.3) is 5.91 Å². The highest BCUT2D eigenvalue weighted by molar-refractivity contribution is 7.13. The van der Waals surface area contributed by atoms with Crippen LogP contribution in [0.15, 0.2) is 29.6 Å². The van der Waals surface area contributed by atoms with Crippen molar-refractivity contribution in [2.24, 2.45) is 5.73 Å². The number of nitrogens with one attached hydrogen (secondary N) is 2. The average molecular weight is 301 g/mol. The summed E-state index contributed by atoms with van der Waals surface area (Å²) in [4.78, 5) is 16.3. The summed E-state index contributed by atoms with van der Waals surface area (Å²) in [6.07, 6.45) is 0. The zero-order valence-corrected chi connectivity index (χ0v) is 11.6. The van der Waals surface area contributed by atoms with E-state index in [2.05, 4.69) is 30.7 Å². The summed E-state index contributed by atoms with van der Waals surface area (Å²) in [6, 6.07) is 7.04. The van der Waals surface area contributed by atoms with Gasteiger partial charge < -0.3 is 11.1 Å². The standard InChI is InChI=1S/C12H11N7OS/c13-11(20)7-3-4-9(17-16-7)14-6-10-15-12(19-18-10)8-2-1-5-21-8/h1-5H,6H2,(H2,13,20)(H,14,17)(H,15,18,19). The van der Waals surface area contributed by atoms with E-state index in [4.69, 9.17) is 5.73 Å². The highest BCUT2D eigenvalue weighted by atomic mass is 32.1. The zero-order valence-electron chi connectivity index (χ0n) is 10.8. The van der Waals surface area contributed by atoms with Gasteiger partial charge in [-0.2, -0.15) is 5.10 Å². The molecule has 0 bridgehead atoms. The van der Waals surface area contributed by atoms with Gasteiger partial charge in [-0.15, -0.1) is 21.5 Å². The maximum absolute atomic E-state index is 10.9. The van der Waals surface area contributed by atoms with E-state index in [0.717, 1.165) is 4.88 Å². The lowest BCUT2D eigenvalue weighted by Crippen LogP contribution is -2.14. The molecule has 9 heteroatoms. The van der Waals surface area contributed by atoms with Crippen LogP contribution in [0.5, 0.6) is 0 Å². The van der Waals surface area contributed by atoms with E-state index in [1.165, 1.54) is 6.07 Å². The Labute approximate surface area is 123 Å². The summed E-state index contributed by atoms with van der Waals surface area (Å²) in [5.74, 6) is 1.26. The Balaban J connectivity index is 1.64. The number of nitrogens with zero attached hydrogens (tertiary/aromatic N) is 4. The van der Waals surface area contributed by atoms with E-state index in [-0.39, 0.29) is 5.69 Å². The first-order chi connectivity index (χ1) is 10.2. The molecule has 0 fully saturated rings. The lowest BCUT2D eigenvalue weighted by Gasteiger charge is -2.02. The van der Waals surface area contributed by atoms with E-state index in [1.807, 2.05) is 17.5 Å². The fourth-order valence-electron chi connectivity index (χ4n) is 1.62. The number of thiophene rings is 1. The summed E-state index contributed by atoms with van der Waals surface area (Å²) in [7, 11) is 0. The number of primary amides is 1. The molecule has 0 unspecified atom stereocenters. The third kappa shape index (κ3) is 3.03. The minimum absolute atomic E-state index is 0.125. The van der Waals surface area contributed by atoms with E-state index in [9.17, 15) is 4.79 Å². The van der Waals surface area contributed by atoms with Crippen molar-refractivity contribution in [3.05, 3.63) is 41.2 Å². The number of carbonyl (C=O) groups is 1. The molecule has 4 N–H and O–H groups in total. The van der Waals surface area contributed by atoms with Crippen molar-refractivity contribution in [3.63, 3.8) is 0 Å². The fraction of sp³-hybridized carbons (Fsp3) is 0.0833. The van der Waals surface area contributed by atoms with Crippen LogP contribution in [0.4, 0.5) is 5.82 Å². The number of aromatic nitrogens is 5. The van der Waals surface area contributed by atoms with Gasteiger partial charge >= 0.3 is 0 Å². The summed E-state index contributed by atoms with van der Waals surface area (Å²) in [5.41, 5.74) is 5.22. The largest absolute Gasteiger partial charge is 0.364 e. The van der Waals surface area contributed by atoms with Crippen LogP contribution in [0.1, 0.15) is 16.3 Å². The molecule has 0 spiro atoms. The van der Waals surface area contributed by atoms with Crippen molar-refractivity contribution in [1.29, 1.82) is 0 Å². The number of hydrogen-bond donors (Lipinski definition) is 3. The summed E-state index contributed by atoms with van der Waals surface area (Å²) in [5, 5.41) is 19.6. The second kappa shape index (κ2) is 5.67. The fourth-order valence-corrected chi connectivity index (χ4v) is 2.28. The van der Waals surface area contributed by atoms with Gasteiger partial charge in [-0.05, 0) is 23.6 Å². The van der Waals surface area contributed by atoms with Crippen molar-refractivity contribution in [2.45, 2.75) is 6.54 Å². The second-order valence-electron chi connectivity index (χ2n) is 4.10. The Morgan fingerprint density at radius 2 is 2.24 bits per heavy atom. The van der Waals surface area contributed by atoms with Crippen molar-refractivity contribution >= 4 is 23.1 Å². The molecule has 0 aliphatic carbocycles. The molecule has 21 heavy (non-hydrogen) atoms. The maximum atomic E-state index is 10.9. The van der Waals surface area contributed by atoms with Crippen LogP contribution in [0.2, 0.25) is 0 Å². The van der Waals surface area contributed by atoms with Crippen LogP contribution in [0.3, 0.4) is 0 Å². The number of carbonyl (C=O) groups excluding carboxylic acids is 1. The smallest absolute Gasteiger partial charge is 0.269 e. The highest BCUT2D eigenvalue weighted by Gasteiger charge is 2.07. The predicted octanol–water partition coefficient (Wildman–Crippen LogP) is 1.03. The zero-order chi connectivity index (χ0) is 14.7. The van der Waals surface area contributed by atoms with Crippen LogP contribution in [-0.2, 0) is 6.54 Å². The molecule has 3 aromatic heterocycles. The van der Waals surface area contributed by atoms with Crippen LogP contribution in [0.25, 0.3) is 10.7 Å². The van der Waals surface area contributed by atoms with Gasteiger partial charge in [-0.1, -0.05) is 6.07 Å². The lowest BCUT2D eigenvalue weighted by molar-refractivity contribution is 0.0994. The minimum Gasteiger partial charge on any atom is -0.364 e. The van der Waals surface area contributed by atoms with Gasteiger partial charge in [-0.25, -0.2) is 4.98 Å². The molecule has 0 aromatic carbocycles. The molecule has 3 aromatic rings. The van der Waals surface area contributed by atoms with Crippen LogP contribution in [-0.4, -0.2) is 31.3 Å². The number of anilines is 1. The number of rotatable bonds is 5. The van der Waals surface area contributed by atoms with Gasteiger partial charge in [0.05, 0.1) is 11.4 Å². The monoisotopic (exact) mass is 301 g/mol. The molecule has 1 amide bonds. The third-order valence-electron chi connectivity index (χ3n) is 2.63. The summed E-state index contributed by atoms with van der Waals surface area (Å²) >= 11 is 1.58. The Morgan fingerprint density at radius 3 is 2.90 bits per heavy atom. The van der Waals surface area contributed by atoms with Gasteiger partial charge in [-0.3, -0.25) is 9.89 Å². The van der Waals surface area contributed by atoms with Crippen LogP contribution in [0, 0.1) is 0 Å². The quantitative estimate of drug-likeness (QED) is 0.647. The molecular formula is C12H11N7OS. The Morgan fingerprint density at radius 1 is 1.33 bits per heavy atom.